The highest BCUT2D eigenvalue weighted by Crippen LogP contribution is 2.03. The van der Waals surface area contributed by atoms with Gasteiger partial charge in [0, 0.05) is 0 Å². The summed E-state index contributed by atoms with van der Waals surface area (Å²) in [7, 11) is 0. The lowest BCUT2D eigenvalue weighted by molar-refractivity contribution is 0.172. The van der Waals surface area contributed by atoms with Crippen LogP contribution in [0.25, 0.3) is 0 Å². The Morgan fingerprint density at radius 2 is 2.00 bits per heavy atom. The van der Waals surface area contributed by atoms with E-state index in [1.165, 1.54) is 12.8 Å². The summed E-state index contributed by atoms with van der Waals surface area (Å²) < 4.78 is 0. The summed E-state index contributed by atoms with van der Waals surface area (Å²) in [6.07, 6.45) is 7.27. The molecule has 0 fully saturated rings. The summed E-state index contributed by atoms with van der Waals surface area (Å²) in [5.41, 5.74) is 0. The molecule has 0 unspecified atom stereocenters. The molecule has 1 N–H and O–H groups in total. The van der Waals surface area contributed by atoms with Crippen LogP contribution in [0.15, 0.2) is 12.2 Å². The molecule has 0 aliphatic rings. The summed E-state index contributed by atoms with van der Waals surface area (Å²) >= 11 is 0. The summed E-state index contributed by atoms with van der Waals surface area (Å²) in [5, 5.41) is 9.34. The Bertz CT molecular complexity index is 105. The van der Waals surface area contributed by atoms with Crippen molar-refractivity contribution in [2.75, 3.05) is 0 Å². The molecule has 0 bridgehead atoms. The van der Waals surface area contributed by atoms with Crippen molar-refractivity contribution >= 4 is 0 Å². The van der Waals surface area contributed by atoms with Crippen LogP contribution in [0.1, 0.15) is 40.0 Å². The molecule has 0 heterocycles. The molecule has 0 aliphatic heterocycles. The molecule has 11 heavy (non-hydrogen) atoms. The third-order valence-electron chi connectivity index (χ3n) is 1.74. The van der Waals surface area contributed by atoms with Crippen LogP contribution >= 0.6 is 0 Å². The first-order valence-corrected chi connectivity index (χ1v) is 4.53. The quantitative estimate of drug-likeness (QED) is 0.479. The predicted molar refractivity (Wildman–Crippen MR) is 49.5 cm³/mol. The number of rotatable bonds is 5. The second kappa shape index (κ2) is 6.41. The van der Waals surface area contributed by atoms with Crippen LogP contribution in [0.3, 0.4) is 0 Å². The largest absolute Gasteiger partial charge is 0.389 e. The maximum Gasteiger partial charge on any atom is 0.0743 e. The Kier molecular flexibility index (Phi) is 6.24. The highest BCUT2D eigenvalue weighted by Gasteiger charge is 2.02. The summed E-state index contributed by atoms with van der Waals surface area (Å²) in [6.45, 7) is 6.22. The second-order valence-corrected chi connectivity index (χ2v) is 3.30. The molecule has 0 aromatic carbocycles. The van der Waals surface area contributed by atoms with Crippen molar-refractivity contribution in [2.45, 2.75) is 46.1 Å². The van der Waals surface area contributed by atoms with Crippen LogP contribution in [0.5, 0.6) is 0 Å². The molecule has 1 nitrogen and oxygen atoms in total. The van der Waals surface area contributed by atoms with Gasteiger partial charge in [-0.05, 0) is 12.3 Å². The van der Waals surface area contributed by atoms with Crippen molar-refractivity contribution in [1.29, 1.82) is 0 Å². The van der Waals surface area contributed by atoms with E-state index in [0.29, 0.717) is 5.92 Å². The standard InChI is InChI=1S/C10H20O/c1-4-5-6-7-8-10(11)9(2)3/h7-11H,4-6H2,1-3H3/b8-7+/t10-/m1/s1. The zero-order chi connectivity index (χ0) is 8.69. The van der Waals surface area contributed by atoms with Crippen LogP contribution in [0.2, 0.25) is 0 Å². The monoisotopic (exact) mass is 156 g/mol. The molecular formula is C10H20O. The Morgan fingerprint density at radius 1 is 1.36 bits per heavy atom. The van der Waals surface area contributed by atoms with Gasteiger partial charge in [0.2, 0.25) is 0 Å². The Morgan fingerprint density at radius 3 is 2.45 bits per heavy atom. The minimum absolute atomic E-state index is 0.258. The van der Waals surface area contributed by atoms with Crippen molar-refractivity contribution in [1.82, 2.24) is 0 Å². The molecule has 0 rings (SSSR count). The number of unbranched alkanes of at least 4 members (excludes halogenated alkanes) is 2. The number of allylic oxidation sites excluding steroid dienone is 1. The van der Waals surface area contributed by atoms with Crippen LogP contribution in [-0.4, -0.2) is 11.2 Å². The van der Waals surface area contributed by atoms with E-state index >= 15 is 0 Å². The van der Waals surface area contributed by atoms with Crippen molar-refractivity contribution in [2.24, 2.45) is 5.92 Å². The van der Waals surface area contributed by atoms with E-state index in [-0.39, 0.29) is 6.10 Å². The van der Waals surface area contributed by atoms with Gasteiger partial charge in [-0.15, -0.1) is 0 Å². The normalized spacial score (nSPS) is 14.6. The molecule has 1 heteroatoms. The first-order chi connectivity index (χ1) is 5.18. The van der Waals surface area contributed by atoms with Crippen LogP contribution < -0.4 is 0 Å². The Balaban J connectivity index is 3.40. The van der Waals surface area contributed by atoms with Crippen molar-refractivity contribution in [3.63, 3.8) is 0 Å². The summed E-state index contributed by atoms with van der Waals surface area (Å²) in [4.78, 5) is 0. The first kappa shape index (κ1) is 10.7. The molecule has 0 saturated heterocycles. The molecule has 0 aromatic rings. The highest BCUT2D eigenvalue weighted by atomic mass is 16.3. The third-order valence-corrected chi connectivity index (χ3v) is 1.74. The fourth-order valence-electron chi connectivity index (χ4n) is 0.780. The molecule has 0 aliphatic carbocycles. The van der Waals surface area contributed by atoms with E-state index in [2.05, 4.69) is 13.0 Å². The third kappa shape index (κ3) is 6.11. The maximum atomic E-state index is 9.34. The van der Waals surface area contributed by atoms with Gasteiger partial charge in [0.25, 0.3) is 0 Å². The van der Waals surface area contributed by atoms with Gasteiger partial charge in [0.1, 0.15) is 0 Å². The highest BCUT2D eigenvalue weighted by molar-refractivity contribution is 4.89. The summed E-state index contributed by atoms with van der Waals surface area (Å²) in [5.74, 6) is 0.341. The maximum absolute atomic E-state index is 9.34. The fourth-order valence-corrected chi connectivity index (χ4v) is 0.780. The topological polar surface area (TPSA) is 20.2 Å². The second-order valence-electron chi connectivity index (χ2n) is 3.30. The van der Waals surface area contributed by atoms with Crippen LogP contribution in [0, 0.1) is 5.92 Å². The van der Waals surface area contributed by atoms with Crippen molar-refractivity contribution < 1.29 is 5.11 Å². The fraction of sp³-hybridized carbons (Fsp3) is 0.800. The van der Waals surface area contributed by atoms with Crippen molar-refractivity contribution in [3.05, 3.63) is 12.2 Å². The summed E-state index contributed by atoms with van der Waals surface area (Å²) in [6, 6.07) is 0. The van der Waals surface area contributed by atoms with Gasteiger partial charge in [-0.3, -0.25) is 0 Å². The van der Waals surface area contributed by atoms with E-state index < -0.39 is 0 Å². The van der Waals surface area contributed by atoms with Crippen molar-refractivity contribution in [3.8, 4) is 0 Å². The van der Waals surface area contributed by atoms with E-state index in [1.807, 2.05) is 19.9 Å². The lowest BCUT2D eigenvalue weighted by Crippen LogP contribution is -2.10. The Labute approximate surface area is 70.1 Å². The molecule has 1 atom stereocenters. The molecule has 0 spiro atoms. The molecule has 66 valence electrons. The van der Waals surface area contributed by atoms with Gasteiger partial charge in [-0.2, -0.15) is 0 Å². The molecule has 0 saturated carbocycles. The van der Waals surface area contributed by atoms with E-state index in [0.717, 1.165) is 6.42 Å². The molecular weight excluding hydrogens is 136 g/mol. The molecule has 0 aromatic heterocycles. The number of aliphatic hydroxyl groups is 1. The van der Waals surface area contributed by atoms with Crippen LogP contribution in [-0.2, 0) is 0 Å². The zero-order valence-electron chi connectivity index (χ0n) is 7.88. The van der Waals surface area contributed by atoms with Gasteiger partial charge in [-0.25, -0.2) is 0 Å². The van der Waals surface area contributed by atoms with Gasteiger partial charge in [-0.1, -0.05) is 45.8 Å². The number of aliphatic hydroxyl groups excluding tert-OH is 1. The number of hydrogen-bond acceptors (Lipinski definition) is 1. The van der Waals surface area contributed by atoms with Gasteiger partial charge in [0.05, 0.1) is 6.10 Å². The SMILES string of the molecule is CCCC/C=C/[C@@H](O)C(C)C. The van der Waals surface area contributed by atoms with E-state index in [4.69, 9.17) is 0 Å². The zero-order valence-corrected chi connectivity index (χ0v) is 7.88. The first-order valence-electron chi connectivity index (χ1n) is 4.53. The van der Waals surface area contributed by atoms with Gasteiger partial charge >= 0.3 is 0 Å². The van der Waals surface area contributed by atoms with Gasteiger partial charge < -0.3 is 5.11 Å². The van der Waals surface area contributed by atoms with Gasteiger partial charge in [0.15, 0.2) is 0 Å². The van der Waals surface area contributed by atoms with Crippen LogP contribution in [0.4, 0.5) is 0 Å². The average molecular weight is 156 g/mol. The Hall–Kier alpha value is -0.300. The lowest BCUT2D eigenvalue weighted by Gasteiger charge is -2.08. The molecule has 0 radical (unpaired) electrons. The minimum atomic E-state index is -0.258. The smallest absolute Gasteiger partial charge is 0.0743 e. The predicted octanol–water partition coefficient (Wildman–Crippen LogP) is 2.75. The van der Waals surface area contributed by atoms with E-state index in [1.54, 1.807) is 0 Å². The average Bonchev–Trinajstić information content (AvgIpc) is 1.97. The lowest BCUT2D eigenvalue weighted by atomic mass is 10.1. The minimum Gasteiger partial charge on any atom is -0.389 e. The molecule has 0 amide bonds. The van der Waals surface area contributed by atoms with E-state index in [9.17, 15) is 5.11 Å². The number of hydrogen-bond donors (Lipinski definition) is 1.